The van der Waals surface area contributed by atoms with Crippen LogP contribution in [0.4, 0.5) is 5.82 Å². The number of aromatic nitrogens is 2. The number of anilines is 1. The van der Waals surface area contributed by atoms with Crippen LogP contribution in [0.25, 0.3) is 10.9 Å². The van der Waals surface area contributed by atoms with E-state index in [1.165, 1.54) is 0 Å². The predicted molar refractivity (Wildman–Crippen MR) is 81.6 cm³/mol. The van der Waals surface area contributed by atoms with Crippen LogP contribution in [0.3, 0.4) is 0 Å². The third kappa shape index (κ3) is 2.53. The highest BCUT2D eigenvalue weighted by Gasteiger charge is 2.10. The normalized spacial score (nSPS) is 10.4. The maximum atomic E-state index is 12.3. The number of pyridine rings is 2. The Morgan fingerprint density at radius 2 is 1.90 bits per heavy atom. The average molecular weight is 328 g/mol. The molecule has 0 unspecified atom stereocenters. The Balaban J connectivity index is 1.94. The summed E-state index contributed by atoms with van der Waals surface area (Å²) in [6.07, 6.45) is 3.27. The number of carbonyl (C=O) groups is 1. The second-order valence-corrected chi connectivity index (χ2v) is 5.11. The van der Waals surface area contributed by atoms with Gasteiger partial charge in [-0.05, 0) is 40.2 Å². The minimum absolute atomic E-state index is 0.196. The first-order valence-electron chi connectivity index (χ1n) is 6.01. The molecule has 3 aromatic rings. The molecule has 2 aromatic heterocycles. The Labute approximate surface area is 124 Å². The lowest BCUT2D eigenvalue weighted by atomic mass is 10.1. The molecule has 5 heteroatoms. The van der Waals surface area contributed by atoms with Crippen LogP contribution in [-0.2, 0) is 0 Å². The van der Waals surface area contributed by atoms with Crippen LogP contribution in [0.2, 0.25) is 0 Å². The fraction of sp³-hybridized carbons (Fsp3) is 0. The van der Waals surface area contributed by atoms with Crippen molar-refractivity contribution in [3.8, 4) is 0 Å². The van der Waals surface area contributed by atoms with Gasteiger partial charge < -0.3 is 5.32 Å². The van der Waals surface area contributed by atoms with Crippen molar-refractivity contribution < 1.29 is 4.79 Å². The molecule has 0 spiro atoms. The van der Waals surface area contributed by atoms with Crippen LogP contribution < -0.4 is 5.32 Å². The third-order valence-electron chi connectivity index (χ3n) is 2.86. The van der Waals surface area contributed by atoms with E-state index < -0.39 is 0 Å². The van der Waals surface area contributed by atoms with E-state index in [1.54, 1.807) is 24.5 Å². The van der Waals surface area contributed by atoms with E-state index in [4.69, 9.17) is 0 Å². The van der Waals surface area contributed by atoms with Gasteiger partial charge in [0.05, 0.1) is 11.1 Å². The molecule has 1 amide bonds. The molecule has 0 aliphatic rings. The first-order chi connectivity index (χ1) is 9.74. The maximum absolute atomic E-state index is 12.3. The smallest absolute Gasteiger partial charge is 0.257 e. The molecule has 98 valence electrons. The highest BCUT2D eigenvalue weighted by atomic mass is 79.9. The molecule has 4 nitrogen and oxygen atoms in total. The molecular formula is C15H10BrN3O. The quantitative estimate of drug-likeness (QED) is 0.781. The van der Waals surface area contributed by atoms with Gasteiger partial charge in [-0.25, -0.2) is 4.98 Å². The second kappa shape index (κ2) is 5.38. The van der Waals surface area contributed by atoms with Crippen molar-refractivity contribution >= 4 is 38.6 Å². The van der Waals surface area contributed by atoms with E-state index in [1.807, 2.05) is 30.3 Å². The average Bonchev–Trinajstić information content (AvgIpc) is 2.49. The summed E-state index contributed by atoms with van der Waals surface area (Å²) in [4.78, 5) is 20.7. The molecule has 0 bridgehead atoms. The molecule has 1 N–H and O–H groups in total. The monoisotopic (exact) mass is 327 g/mol. The molecule has 0 aliphatic carbocycles. The number of amides is 1. The number of halogens is 1. The van der Waals surface area contributed by atoms with Crippen LogP contribution in [0.1, 0.15) is 10.4 Å². The lowest BCUT2D eigenvalue weighted by Crippen LogP contribution is -2.13. The van der Waals surface area contributed by atoms with E-state index >= 15 is 0 Å². The van der Waals surface area contributed by atoms with Crippen molar-refractivity contribution in [2.24, 2.45) is 0 Å². The van der Waals surface area contributed by atoms with Crippen molar-refractivity contribution in [2.45, 2.75) is 0 Å². The van der Waals surface area contributed by atoms with Crippen LogP contribution in [-0.4, -0.2) is 15.9 Å². The first kappa shape index (κ1) is 12.7. The lowest BCUT2D eigenvalue weighted by Gasteiger charge is -2.07. The van der Waals surface area contributed by atoms with Crippen LogP contribution in [0.15, 0.2) is 59.3 Å². The minimum atomic E-state index is -0.196. The Morgan fingerprint density at radius 3 is 2.70 bits per heavy atom. The summed E-state index contributed by atoms with van der Waals surface area (Å²) in [5, 5.41) is 3.60. The summed E-state index contributed by atoms with van der Waals surface area (Å²) in [7, 11) is 0. The number of para-hydroxylation sites is 1. The van der Waals surface area contributed by atoms with Gasteiger partial charge in [0.1, 0.15) is 5.82 Å². The zero-order valence-corrected chi connectivity index (χ0v) is 12.0. The van der Waals surface area contributed by atoms with Gasteiger partial charge in [-0.2, -0.15) is 0 Å². The summed E-state index contributed by atoms with van der Waals surface area (Å²) < 4.78 is 0.866. The molecule has 0 fully saturated rings. The number of hydrogen-bond donors (Lipinski definition) is 1. The van der Waals surface area contributed by atoms with Crippen molar-refractivity contribution in [3.63, 3.8) is 0 Å². The van der Waals surface area contributed by atoms with Crippen molar-refractivity contribution in [2.75, 3.05) is 5.32 Å². The Kier molecular flexibility index (Phi) is 3.43. The Bertz CT molecular complexity index is 766. The SMILES string of the molecule is O=C(Nc1ccc(Br)cn1)c1ccnc2ccccc12. The molecule has 0 saturated heterocycles. The van der Waals surface area contributed by atoms with Gasteiger partial charge in [-0.3, -0.25) is 9.78 Å². The van der Waals surface area contributed by atoms with Crippen molar-refractivity contribution in [1.29, 1.82) is 0 Å². The highest BCUT2D eigenvalue weighted by molar-refractivity contribution is 9.10. The van der Waals surface area contributed by atoms with Crippen LogP contribution in [0, 0.1) is 0 Å². The first-order valence-corrected chi connectivity index (χ1v) is 6.80. The molecule has 0 atom stereocenters. The number of rotatable bonds is 2. The molecule has 0 saturated carbocycles. The van der Waals surface area contributed by atoms with Gasteiger partial charge in [-0.15, -0.1) is 0 Å². The number of benzene rings is 1. The van der Waals surface area contributed by atoms with Gasteiger partial charge in [0.15, 0.2) is 0 Å². The van der Waals surface area contributed by atoms with Crippen molar-refractivity contribution in [1.82, 2.24) is 9.97 Å². The van der Waals surface area contributed by atoms with Gasteiger partial charge >= 0.3 is 0 Å². The van der Waals surface area contributed by atoms with Crippen LogP contribution in [0.5, 0.6) is 0 Å². The molecule has 0 radical (unpaired) electrons. The molecule has 2 heterocycles. The summed E-state index contributed by atoms with van der Waals surface area (Å²) in [6.45, 7) is 0. The minimum Gasteiger partial charge on any atom is -0.307 e. The molecule has 20 heavy (non-hydrogen) atoms. The van der Waals surface area contributed by atoms with E-state index in [0.29, 0.717) is 11.4 Å². The predicted octanol–water partition coefficient (Wildman–Crippen LogP) is 3.64. The van der Waals surface area contributed by atoms with E-state index in [2.05, 4.69) is 31.2 Å². The zero-order valence-electron chi connectivity index (χ0n) is 10.4. The number of hydrogen-bond acceptors (Lipinski definition) is 3. The zero-order chi connectivity index (χ0) is 13.9. The van der Waals surface area contributed by atoms with Gasteiger partial charge in [0.25, 0.3) is 5.91 Å². The lowest BCUT2D eigenvalue weighted by molar-refractivity contribution is 0.102. The van der Waals surface area contributed by atoms with Gasteiger partial charge in [0.2, 0.25) is 0 Å². The molecular weight excluding hydrogens is 318 g/mol. The number of carbonyl (C=O) groups excluding carboxylic acids is 1. The topological polar surface area (TPSA) is 54.9 Å². The van der Waals surface area contributed by atoms with Crippen LogP contribution >= 0.6 is 15.9 Å². The van der Waals surface area contributed by atoms with E-state index in [-0.39, 0.29) is 5.91 Å². The fourth-order valence-electron chi connectivity index (χ4n) is 1.93. The van der Waals surface area contributed by atoms with Crippen molar-refractivity contribution in [3.05, 3.63) is 64.9 Å². The number of nitrogens with zero attached hydrogens (tertiary/aromatic N) is 2. The summed E-state index contributed by atoms with van der Waals surface area (Å²) in [5.41, 5.74) is 1.38. The van der Waals surface area contributed by atoms with E-state index in [9.17, 15) is 4.79 Å². The second-order valence-electron chi connectivity index (χ2n) is 4.19. The third-order valence-corrected chi connectivity index (χ3v) is 3.33. The maximum Gasteiger partial charge on any atom is 0.257 e. The molecule has 3 rings (SSSR count). The number of fused-ring (bicyclic) bond motifs is 1. The standard InChI is InChI=1S/C15H10BrN3O/c16-10-5-6-14(18-9-10)19-15(20)12-7-8-17-13-4-2-1-3-11(12)13/h1-9H,(H,18,19,20). The summed E-state index contributed by atoms with van der Waals surface area (Å²) >= 11 is 3.31. The summed E-state index contributed by atoms with van der Waals surface area (Å²) in [5.74, 6) is 0.317. The van der Waals surface area contributed by atoms with Gasteiger partial charge in [-0.1, -0.05) is 18.2 Å². The largest absolute Gasteiger partial charge is 0.307 e. The van der Waals surface area contributed by atoms with E-state index in [0.717, 1.165) is 15.4 Å². The number of nitrogens with one attached hydrogen (secondary N) is 1. The fourth-order valence-corrected chi connectivity index (χ4v) is 2.16. The Morgan fingerprint density at radius 1 is 1.05 bits per heavy atom. The Hall–Kier alpha value is -2.27. The molecule has 1 aromatic carbocycles. The molecule has 0 aliphatic heterocycles. The summed E-state index contributed by atoms with van der Waals surface area (Å²) in [6, 6.07) is 12.8. The highest BCUT2D eigenvalue weighted by Crippen LogP contribution is 2.18. The van der Waals surface area contributed by atoms with Gasteiger partial charge in [0, 0.05) is 22.3 Å².